The summed E-state index contributed by atoms with van der Waals surface area (Å²) in [4.78, 5) is 33.8. The lowest BCUT2D eigenvalue weighted by atomic mass is 10.0. The van der Waals surface area contributed by atoms with Crippen LogP contribution in [0.2, 0.25) is 0 Å². The van der Waals surface area contributed by atoms with Crippen molar-refractivity contribution in [2.24, 2.45) is 5.73 Å². The van der Waals surface area contributed by atoms with E-state index < -0.39 is 35.7 Å². The number of primary amides is 1. The highest BCUT2D eigenvalue weighted by atomic mass is 16.5. The first-order valence-corrected chi connectivity index (χ1v) is 7.74. The fourth-order valence-electron chi connectivity index (χ4n) is 2.23. The van der Waals surface area contributed by atoms with Gasteiger partial charge < -0.3 is 36.2 Å². The Balaban J connectivity index is 2.67. The van der Waals surface area contributed by atoms with E-state index in [-0.39, 0.29) is 42.7 Å². The monoisotopic (exact) mass is 370 g/mol. The number of anilines is 1. The molecule has 1 aromatic carbocycles. The number of hydrogen-bond donors (Lipinski definition) is 6. The summed E-state index contributed by atoms with van der Waals surface area (Å²) in [7, 11) is 1.29. The van der Waals surface area contributed by atoms with Crippen LogP contribution in [0.3, 0.4) is 0 Å². The summed E-state index contributed by atoms with van der Waals surface area (Å²) < 4.78 is 4.92. The predicted octanol–water partition coefficient (Wildman–Crippen LogP) is -0.195. The second-order valence-electron chi connectivity index (χ2n) is 5.56. The SMILES string of the molecule is COc1ccc(NC(=O)CCC(O)C(O)CCC(=O)O)c(O)c1C(N)=O. The van der Waals surface area contributed by atoms with Crippen molar-refractivity contribution in [2.45, 2.75) is 37.9 Å². The van der Waals surface area contributed by atoms with Crippen LogP contribution in [0.15, 0.2) is 12.1 Å². The summed E-state index contributed by atoms with van der Waals surface area (Å²) in [5.74, 6) is -3.13. The van der Waals surface area contributed by atoms with E-state index in [1.165, 1.54) is 19.2 Å². The molecule has 0 radical (unpaired) electrons. The number of aliphatic carboxylic acids is 1. The van der Waals surface area contributed by atoms with Gasteiger partial charge in [0.05, 0.1) is 25.0 Å². The Morgan fingerprint density at radius 1 is 1.15 bits per heavy atom. The van der Waals surface area contributed by atoms with Gasteiger partial charge in [-0.05, 0) is 25.0 Å². The molecule has 10 heteroatoms. The average molecular weight is 370 g/mol. The molecule has 0 aromatic heterocycles. The Morgan fingerprint density at radius 2 is 1.73 bits per heavy atom. The fraction of sp³-hybridized carbons (Fsp3) is 0.438. The topological polar surface area (TPSA) is 179 Å². The summed E-state index contributed by atoms with van der Waals surface area (Å²) in [6, 6.07) is 2.66. The van der Waals surface area contributed by atoms with E-state index in [1.807, 2.05) is 0 Å². The largest absolute Gasteiger partial charge is 0.505 e. The molecule has 2 atom stereocenters. The van der Waals surface area contributed by atoms with Gasteiger partial charge in [0, 0.05) is 12.8 Å². The molecule has 2 amide bonds. The minimum absolute atomic E-state index is 0.0463. The quantitative estimate of drug-likeness (QED) is 0.306. The maximum absolute atomic E-state index is 11.9. The number of methoxy groups -OCH3 is 1. The average Bonchev–Trinajstić information content (AvgIpc) is 2.58. The zero-order chi connectivity index (χ0) is 19.9. The Bertz CT molecular complexity index is 676. The van der Waals surface area contributed by atoms with Crippen LogP contribution in [-0.4, -0.2) is 57.5 Å². The smallest absolute Gasteiger partial charge is 0.303 e. The minimum Gasteiger partial charge on any atom is -0.505 e. The van der Waals surface area contributed by atoms with E-state index in [9.17, 15) is 29.7 Å². The van der Waals surface area contributed by atoms with Crippen LogP contribution in [0.1, 0.15) is 36.0 Å². The molecular weight excluding hydrogens is 348 g/mol. The van der Waals surface area contributed by atoms with E-state index >= 15 is 0 Å². The number of carboxylic acids is 1. The van der Waals surface area contributed by atoms with Gasteiger partial charge in [-0.1, -0.05) is 0 Å². The Hall–Kier alpha value is -2.85. The lowest BCUT2D eigenvalue weighted by Gasteiger charge is -2.17. The molecule has 0 saturated heterocycles. The molecule has 0 aliphatic carbocycles. The Kier molecular flexibility index (Phi) is 7.81. The summed E-state index contributed by atoms with van der Waals surface area (Å²) in [5.41, 5.74) is 4.83. The lowest BCUT2D eigenvalue weighted by molar-refractivity contribution is -0.138. The number of carbonyl (C=O) groups is 3. The maximum Gasteiger partial charge on any atom is 0.303 e. The molecule has 0 saturated carbocycles. The van der Waals surface area contributed by atoms with Crippen molar-refractivity contribution in [2.75, 3.05) is 12.4 Å². The molecule has 0 spiro atoms. The third-order valence-corrected chi connectivity index (χ3v) is 3.65. The van der Waals surface area contributed by atoms with E-state index in [2.05, 4.69) is 5.32 Å². The Labute approximate surface area is 149 Å². The van der Waals surface area contributed by atoms with Crippen molar-refractivity contribution in [3.63, 3.8) is 0 Å². The number of nitrogens with two attached hydrogens (primary N) is 1. The van der Waals surface area contributed by atoms with Crippen LogP contribution in [0.5, 0.6) is 11.5 Å². The van der Waals surface area contributed by atoms with E-state index in [1.54, 1.807) is 0 Å². The van der Waals surface area contributed by atoms with Crippen LogP contribution in [-0.2, 0) is 9.59 Å². The van der Waals surface area contributed by atoms with Crippen molar-refractivity contribution in [1.82, 2.24) is 0 Å². The molecule has 0 aliphatic rings. The first-order valence-electron chi connectivity index (χ1n) is 7.74. The molecule has 26 heavy (non-hydrogen) atoms. The molecule has 2 unspecified atom stereocenters. The second-order valence-corrected chi connectivity index (χ2v) is 5.56. The molecule has 1 aromatic rings. The van der Waals surface area contributed by atoms with Crippen molar-refractivity contribution in [1.29, 1.82) is 0 Å². The third kappa shape index (κ3) is 5.90. The number of phenols is 1. The number of aliphatic hydroxyl groups excluding tert-OH is 2. The highest BCUT2D eigenvalue weighted by Gasteiger charge is 2.21. The molecular formula is C16H22N2O8. The van der Waals surface area contributed by atoms with Gasteiger partial charge in [0.2, 0.25) is 5.91 Å². The number of ether oxygens (including phenoxy) is 1. The van der Waals surface area contributed by atoms with E-state index in [0.29, 0.717) is 0 Å². The number of carboxylic acid groups (broad SMARTS) is 1. The number of aliphatic hydroxyl groups is 2. The van der Waals surface area contributed by atoms with Crippen LogP contribution in [0.25, 0.3) is 0 Å². The second kappa shape index (κ2) is 9.59. The van der Waals surface area contributed by atoms with Crippen LogP contribution < -0.4 is 15.8 Å². The molecule has 10 nitrogen and oxygen atoms in total. The van der Waals surface area contributed by atoms with Crippen molar-refractivity contribution in [3.05, 3.63) is 17.7 Å². The number of aromatic hydroxyl groups is 1. The van der Waals surface area contributed by atoms with Gasteiger partial charge >= 0.3 is 5.97 Å². The van der Waals surface area contributed by atoms with Crippen molar-refractivity contribution >= 4 is 23.5 Å². The van der Waals surface area contributed by atoms with E-state index in [0.717, 1.165) is 0 Å². The van der Waals surface area contributed by atoms with Gasteiger partial charge in [-0.2, -0.15) is 0 Å². The normalized spacial score (nSPS) is 12.9. The molecule has 7 N–H and O–H groups in total. The zero-order valence-electron chi connectivity index (χ0n) is 14.1. The zero-order valence-corrected chi connectivity index (χ0v) is 14.1. The van der Waals surface area contributed by atoms with E-state index in [4.69, 9.17) is 15.6 Å². The minimum atomic E-state index is -1.27. The number of nitrogens with one attached hydrogen (secondary N) is 1. The van der Waals surface area contributed by atoms with Crippen LogP contribution in [0, 0.1) is 0 Å². The first-order chi connectivity index (χ1) is 12.2. The first kappa shape index (κ1) is 21.2. The molecule has 0 heterocycles. The van der Waals surface area contributed by atoms with Gasteiger partial charge in [0.25, 0.3) is 5.91 Å². The third-order valence-electron chi connectivity index (χ3n) is 3.65. The number of rotatable bonds is 10. The van der Waals surface area contributed by atoms with Gasteiger partial charge in [-0.25, -0.2) is 0 Å². The predicted molar refractivity (Wildman–Crippen MR) is 89.9 cm³/mol. The standard InChI is InChI=1S/C16H22N2O8/c1-26-11-5-2-8(15(24)14(11)16(17)25)18-12(21)6-3-9(19)10(20)4-7-13(22)23/h2,5,9-10,19-20,24H,3-4,6-7H2,1H3,(H2,17,25)(H,18,21)(H,22,23). The Morgan fingerprint density at radius 3 is 2.23 bits per heavy atom. The highest BCUT2D eigenvalue weighted by molar-refractivity contribution is 6.02. The molecule has 0 fully saturated rings. The lowest BCUT2D eigenvalue weighted by Crippen LogP contribution is -2.28. The van der Waals surface area contributed by atoms with Crippen LogP contribution >= 0.6 is 0 Å². The number of amides is 2. The summed E-state index contributed by atoms with van der Waals surface area (Å²) in [6.45, 7) is 0. The number of hydrogen-bond acceptors (Lipinski definition) is 7. The fourth-order valence-corrected chi connectivity index (χ4v) is 2.23. The molecule has 1 rings (SSSR count). The van der Waals surface area contributed by atoms with Gasteiger partial charge in [-0.15, -0.1) is 0 Å². The molecule has 0 bridgehead atoms. The van der Waals surface area contributed by atoms with Gasteiger partial charge in [0.1, 0.15) is 11.3 Å². The van der Waals surface area contributed by atoms with Crippen molar-refractivity contribution < 1.29 is 39.5 Å². The molecule has 144 valence electrons. The summed E-state index contributed by atoms with van der Waals surface area (Å²) >= 11 is 0. The van der Waals surface area contributed by atoms with Crippen molar-refractivity contribution in [3.8, 4) is 11.5 Å². The van der Waals surface area contributed by atoms with Gasteiger partial charge in [-0.3, -0.25) is 14.4 Å². The maximum atomic E-state index is 11.9. The number of carbonyl (C=O) groups excluding carboxylic acids is 2. The number of benzene rings is 1. The summed E-state index contributed by atoms with van der Waals surface area (Å²) in [5, 5.41) is 40.3. The van der Waals surface area contributed by atoms with Crippen LogP contribution in [0.4, 0.5) is 5.69 Å². The highest BCUT2D eigenvalue weighted by Crippen LogP contribution is 2.34. The van der Waals surface area contributed by atoms with Gasteiger partial charge in [0.15, 0.2) is 5.75 Å². The summed E-state index contributed by atoms with van der Waals surface area (Å²) in [6.07, 6.45) is -3.31. The molecule has 0 aliphatic heterocycles.